The van der Waals surface area contributed by atoms with Crippen molar-refractivity contribution in [2.75, 3.05) is 13.7 Å². The minimum absolute atomic E-state index is 0.00868. The lowest BCUT2D eigenvalue weighted by molar-refractivity contribution is -0.133. The first-order chi connectivity index (χ1) is 9.43. The third kappa shape index (κ3) is 3.01. The molecule has 20 heavy (non-hydrogen) atoms. The molecule has 0 aliphatic heterocycles. The highest BCUT2D eigenvalue weighted by Crippen LogP contribution is 2.35. The van der Waals surface area contributed by atoms with E-state index in [4.69, 9.17) is 14.3 Å². The Bertz CT molecular complexity index is 522. The molecule has 1 aliphatic carbocycles. The van der Waals surface area contributed by atoms with Gasteiger partial charge in [0.2, 0.25) is 5.91 Å². The molecule has 1 saturated carbocycles. The van der Waals surface area contributed by atoms with E-state index >= 15 is 0 Å². The summed E-state index contributed by atoms with van der Waals surface area (Å²) in [6, 6.07) is 1.47. The summed E-state index contributed by atoms with van der Waals surface area (Å²) in [5.74, 6) is -0.259. The van der Waals surface area contributed by atoms with E-state index in [0.29, 0.717) is 18.1 Å². The van der Waals surface area contributed by atoms with E-state index in [9.17, 15) is 9.59 Å². The highest BCUT2D eigenvalue weighted by atomic mass is 16.5. The zero-order valence-corrected chi connectivity index (χ0v) is 11.9. The van der Waals surface area contributed by atoms with Crippen LogP contribution in [-0.2, 0) is 16.1 Å². The molecule has 1 fully saturated rings. The first-order valence-electron chi connectivity index (χ1n) is 6.63. The predicted molar refractivity (Wildman–Crippen MR) is 70.4 cm³/mol. The third-order valence-corrected chi connectivity index (χ3v) is 3.40. The average Bonchev–Trinajstić information content (AvgIpc) is 3.04. The highest BCUT2D eigenvalue weighted by molar-refractivity contribution is 5.88. The lowest BCUT2D eigenvalue weighted by Gasteiger charge is -2.15. The first-order valence-corrected chi connectivity index (χ1v) is 6.63. The summed E-state index contributed by atoms with van der Waals surface area (Å²) < 4.78 is 10.8. The molecule has 1 aromatic rings. The van der Waals surface area contributed by atoms with Crippen molar-refractivity contribution in [3.05, 3.63) is 23.2 Å². The molecule has 0 aromatic carbocycles. The van der Waals surface area contributed by atoms with Gasteiger partial charge in [0.25, 0.3) is 0 Å². The second kappa shape index (κ2) is 5.66. The van der Waals surface area contributed by atoms with Crippen LogP contribution in [0.5, 0.6) is 0 Å². The Hall–Kier alpha value is -1.82. The SMILES string of the molecule is CCOC1CC1C(=O)N(C)Cc1cc(C(=O)O)c(C)o1. The Morgan fingerprint density at radius 3 is 2.80 bits per heavy atom. The van der Waals surface area contributed by atoms with Gasteiger partial charge in [0.05, 0.1) is 18.6 Å². The van der Waals surface area contributed by atoms with Crippen LogP contribution in [0.4, 0.5) is 0 Å². The van der Waals surface area contributed by atoms with Crippen molar-refractivity contribution in [3.8, 4) is 0 Å². The molecule has 110 valence electrons. The van der Waals surface area contributed by atoms with Crippen LogP contribution in [0.3, 0.4) is 0 Å². The number of carbonyl (C=O) groups is 2. The Morgan fingerprint density at radius 1 is 1.55 bits per heavy atom. The lowest BCUT2D eigenvalue weighted by Crippen LogP contribution is -2.28. The molecule has 1 aromatic heterocycles. The van der Waals surface area contributed by atoms with Gasteiger partial charge in [0.1, 0.15) is 17.1 Å². The van der Waals surface area contributed by atoms with E-state index in [-0.39, 0.29) is 30.0 Å². The van der Waals surface area contributed by atoms with E-state index in [1.54, 1.807) is 18.9 Å². The molecule has 2 unspecified atom stereocenters. The van der Waals surface area contributed by atoms with Crippen LogP contribution in [0.1, 0.15) is 35.2 Å². The van der Waals surface area contributed by atoms with Crippen molar-refractivity contribution in [2.24, 2.45) is 5.92 Å². The highest BCUT2D eigenvalue weighted by Gasteiger charge is 2.45. The summed E-state index contributed by atoms with van der Waals surface area (Å²) in [5.41, 5.74) is 0.138. The number of aromatic carboxylic acids is 1. The van der Waals surface area contributed by atoms with Crippen molar-refractivity contribution in [1.29, 1.82) is 0 Å². The van der Waals surface area contributed by atoms with E-state index in [1.807, 2.05) is 6.92 Å². The second-order valence-electron chi connectivity index (χ2n) is 5.02. The third-order valence-electron chi connectivity index (χ3n) is 3.40. The number of carboxylic acids is 1. The largest absolute Gasteiger partial charge is 0.478 e. The number of furan rings is 1. The maximum atomic E-state index is 12.1. The van der Waals surface area contributed by atoms with Crippen LogP contribution < -0.4 is 0 Å². The van der Waals surface area contributed by atoms with Crippen LogP contribution in [0, 0.1) is 12.8 Å². The van der Waals surface area contributed by atoms with Gasteiger partial charge in [-0.1, -0.05) is 0 Å². The molecule has 1 aliphatic rings. The molecule has 2 rings (SSSR count). The van der Waals surface area contributed by atoms with Gasteiger partial charge in [-0.05, 0) is 26.3 Å². The molecule has 1 amide bonds. The summed E-state index contributed by atoms with van der Waals surface area (Å²) in [7, 11) is 1.68. The number of hydrogen-bond acceptors (Lipinski definition) is 4. The van der Waals surface area contributed by atoms with Gasteiger partial charge in [-0.3, -0.25) is 4.79 Å². The fraction of sp³-hybridized carbons (Fsp3) is 0.571. The van der Waals surface area contributed by atoms with Gasteiger partial charge in [0.15, 0.2) is 0 Å². The Kier molecular flexibility index (Phi) is 4.13. The summed E-state index contributed by atoms with van der Waals surface area (Å²) in [6.45, 7) is 4.38. The predicted octanol–water partition coefficient (Wildman–Crippen LogP) is 1.67. The van der Waals surface area contributed by atoms with Crippen LogP contribution in [-0.4, -0.2) is 41.6 Å². The van der Waals surface area contributed by atoms with Gasteiger partial charge in [-0.25, -0.2) is 4.79 Å². The number of amides is 1. The number of carboxylic acid groups (broad SMARTS) is 1. The zero-order chi connectivity index (χ0) is 14.9. The molecule has 2 atom stereocenters. The van der Waals surface area contributed by atoms with E-state index in [0.717, 1.165) is 6.42 Å². The molecule has 6 nitrogen and oxygen atoms in total. The smallest absolute Gasteiger partial charge is 0.339 e. The molecule has 1 heterocycles. The number of carbonyl (C=O) groups excluding carboxylic acids is 1. The topological polar surface area (TPSA) is 80.0 Å². The summed E-state index contributed by atoms with van der Waals surface area (Å²) >= 11 is 0. The number of hydrogen-bond donors (Lipinski definition) is 1. The number of nitrogens with zero attached hydrogens (tertiary/aromatic N) is 1. The minimum atomic E-state index is -1.02. The standard InChI is InChI=1S/C14H19NO5/c1-4-19-12-6-11(12)13(16)15(3)7-9-5-10(14(17)18)8(2)20-9/h5,11-12H,4,6-7H2,1-3H3,(H,17,18). The van der Waals surface area contributed by atoms with Crippen molar-refractivity contribution < 1.29 is 23.8 Å². The van der Waals surface area contributed by atoms with Crippen LogP contribution in [0.25, 0.3) is 0 Å². The van der Waals surface area contributed by atoms with Gasteiger partial charge in [-0.15, -0.1) is 0 Å². The molecule has 0 spiro atoms. The summed E-state index contributed by atoms with van der Waals surface area (Å²) in [5, 5.41) is 8.96. The van der Waals surface area contributed by atoms with Gasteiger partial charge < -0.3 is 19.2 Å². The molecule has 6 heteroatoms. The van der Waals surface area contributed by atoms with E-state index in [1.165, 1.54) is 6.07 Å². The zero-order valence-electron chi connectivity index (χ0n) is 11.9. The second-order valence-corrected chi connectivity index (χ2v) is 5.02. The molecule has 0 saturated heterocycles. The van der Waals surface area contributed by atoms with Gasteiger partial charge >= 0.3 is 5.97 Å². The average molecular weight is 281 g/mol. The monoisotopic (exact) mass is 281 g/mol. The van der Waals surface area contributed by atoms with Crippen LogP contribution in [0.2, 0.25) is 0 Å². The Labute approximate surface area is 117 Å². The molecule has 1 N–H and O–H groups in total. The van der Waals surface area contributed by atoms with Crippen LogP contribution in [0.15, 0.2) is 10.5 Å². The molecular formula is C14H19NO5. The van der Waals surface area contributed by atoms with Crippen molar-refractivity contribution in [3.63, 3.8) is 0 Å². The van der Waals surface area contributed by atoms with Crippen molar-refractivity contribution in [2.45, 2.75) is 32.9 Å². The van der Waals surface area contributed by atoms with E-state index < -0.39 is 5.97 Å². The first kappa shape index (κ1) is 14.6. The molecular weight excluding hydrogens is 262 g/mol. The minimum Gasteiger partial charge on any atom is -0.478 e. The molecule has 0 radical (unpaired) electrons. The van der Waals surface area contributed by atoms with E-state index in [2.05, 4.69) is 0 Å². The van der Waals surface area contributed by atoms with Crippen molar-refractivity contribution >= 4 is 11.9 Å². The number of ether oxygens (including phenoxy) is 1. The van der Waals surface area contributed by atoms with Gasteiger partial charge in [-0.2, -0.15) is 0 Å². The summed E-state index contributed by atoms with van der Waals surface area (Å²) in [4.78, 5) is 24.6. The maximum absolute atomic E-state index is 12.1. The Morgan fingerprint density at radius 2 is 2.25 bits per heavy atom. The fourth-order valence-electron chi connectivity index (χ4n) is 2.26. The Balaban J connectivity index is 1.95. The fourth-order valence-corrected chi connectivity index (χ4v) is 2.26. The van der Waals surface area contributed by atoms with Crippen molar-refractivity contribution in [1.82, 2.24) is 4.90 Å². The number of aryl methyl sites for hydroxylation is 1. The molecule has 0 bridgehead atoms. The van der Waals surface area contributed by atoms with Crippen LogP contribution >= 0.6 is 0 Å². The number of rotatable bonds is 6. The normalized spacial score (nSPS) is 20.8. The van der Waals surface area contributed by atoms with Gasteiger partial charge in [0, 0.05) is 13.7 Å². The lowest BCUT2D eigenvalue weighted by atomic mass is 10.2. The summed E-state index contributed by atoms with van der Waals surface area (Å²) in [6.07, 6.45) is 0.789. The quantitative estimate of drug-likeness (QED) is 0.858. The maximum Gasteiger partial charge on any atom is 0.339 e.